The maximum atomic E-state index is 14.0. The highest BCUT2D eigenvalue weighted by molar-refractivity contribution is 7.85. The molecule has 3 N–H and O–H groups in total. The first-order valence-electron chi connectivity index (χ1n) is 17.2. The second-order valence-electron chi connectivity index (χ2n) is 15.1. The van der Waals surface area contributed by atoms with Crippen molar-refractivity contribution in [2.24, 2.45) is 5.41 Å². The van der Waals surface area contributed by atoms with Crippen LogP contribution in [0.15, 0.2) is 103 Å². The minimum Gasteiger partial charge on any atom is -0.351 e. The van der Waals surface area contributed by atoms with Crippen LogP contribution in [0.2, 0.25) is 0 Å². The summed E-state index contributed by atoms with van der Waals surface area (Å²) < 4.78 is 30.9. The highest BCUT2D eigenvalue weighted by Crippen LogP contribution is 2.38. The molecule has 0 saturated heterocycles. The zero-order chi connectivity index (χ0) is 36.1. The number of rotatable bonds is 11. The number of allylic oxidation sites excluding steroid dienone is 2. The van der Waals surface area contributed by atoms with E-state index in [9.17, 15) is 18.0 Å². The molecule has 0 saturated carbocycles. The van der Waals surface area contributed by atoms with E-state index in [2.05, 4.69) is 99.9 Å². The van der Waals surface area contributed by atoms with Gasteiger partial charge in [-0.2, -0.15) is 8.42 Å². The first-order valence-corrected chi connectivity index (χ1v) is 18.8. The molecule has 5 rings (SSSR count). The number of hydrogen-bond acceptors (Lipinski definition) is 4. The van der Waals surface area contributed by atoms with Gasteiger partial charge in [0.05, 0.1) is 11.7 Å². The average Bonchev–Trinajstić information content (AvgIpc) is 3.07. The van der Waals surface area contributed by atoms with Gasteiger partial charge in [-0.15, -0.1) is 0 Å². The number of amides is 2. The van der Waals surface area contributed by atoms with Crippen LogP contribution in [0.25, 0.3) is 16.7 Å². The van der Waals surface area contributed by atoms with Gasteiger partial charge in [0.25, 0.3) is 16.0 Å². The van der Waals surface area contributed by atoms with E-state index >= 15 is 0 Å². The highest BCUT2D eigenvalue weighted by Gasteiger charge is 2.24. The molecule has 2 amide bonds. The molecule has 7 nitrogen and oxygen atoms in total. The van der Waals surface area contributed by atoms with Gasteiger partial charge in [0, 0.05) is 17.8 Å². The smallest absolute Gasteiger partial charge is 0.266 e. The Morgan fingerprint density at radius 3 is 1.94 bits per heavy atom. The third-order valence-electron chi connectivity index (χ3n) is 9.51. The van der Waals surface area contributed by atoms with Gasteiger partial charge in [0.15, 0.2) is 0 Å². The van der Waals surface area contributed by atoms with Crippen LogP contribution in [0.3, 0.4) is 0 Å². The Hall–Kier alpha value is -4.53. The second-order valence-corrected chi connectivity index (χ2v) is 16.7. The molecule has 0 heterocycles. The molecule has 50 heavy (non-hydrogen) atoms. The van der Waals surface area contributed by atoms with Crippen LogP contribution in [0.1, 0.15) is 92.4 Å². The van der Waals surface area contributed by atoms with Crippen LogP contribution >= 0.6 is 0 Å². The fourth-order valence-corrected chi connectivity index (χ4v) is 6.55. The van der Waals surface area contributed by atoms with Crippen molar-refractivity contribution in [3.05, 3.63) is 131 Å². The van der Waals surface area contributed by atoms with Gasteiger partial charge >= 0.3 is 0 Å². The van der Waals surface area contributed by atoms with E-state index in [1.54, 1.807) is 24.3 Å². The van der Waals surface area contributed by atoms with Crippen molar-refractivity contribution in [3.8, 4) is 11.1 Å². The van der Waals surface area contributed by atoms with Gasteiger partial charge < -0.3 is 10.6 Å². The van der Waals surface area contributed by atoms with Crippen molar-refractivity contribution in [2.45, 2.75) is 71.6 Å². The van der Waals surface area contributed by atoms with E-state index in [1.807, 2.05) is 24.3 Å². The lowest BCUT2D eigenvalue weighted by molar-refractivity contribution is -0.117. The maximum absolute atomic E-state index is 14.0. The number of benzene rings is 4. The predicted molar refractivity (Wildman–Crippen MR) is 203 cm³/mol. The summed E-state index contributed by atoms with van der Waals surface area (Å²) in [7, 11) is -4.17. The number of nitrogens with one attached hydrogen (secondary N) is 2. The van der Waals surface area contributed by atoms with Gasteiger partial charge in [-0.25, -0.2) is 0 Å². The SMILES string of the molecule is CC1(C)CC=C(c2ccc(NC(=O)[C@H](Cc3ccc(C(=O)NCCS(=O)(=O)O)cc3)c3ccc(-c4ccc(C(C)(C)C)cc4)cc3)cc2)CC1. The van der Waals surface area contributed by atoms with Crippen LogP contribution in [0, 0.1) is 5.41 Å². The van der Waals surface area contributed by atoms with Crippen LogP contribution < -0.4 is 10.6 Å². The molecule has 0 unspecified atom stereocenters. The Balaban J connectivity index is 1.35. The van der Waals surface area contributed by atoms with Crippen molar-refractivity contribution in [1.82, 2.24) is 5.32 Å². The first kappa shape index (κ1) is 36.7. The zero-order valence-corrected chi connectivity index (χ0v) is 30.4. The predicted octanol–water partition coefficient (Wildman–Crippen LogP) is 8.83. The molecule has 1 atom stereocenters. The van der Waals surface area contributed by atoms with E-state index in [0.717, 1.165) is 47.2 Å². The lowest BCUT2D eigenvalue weighted by Gasteiger charge is -2.28. The molecule has 0 aromatic heterocycles. The number of anilines is 1. The summed E-state index contributed by atoms with van der Waals surface area (Å²) in [6.07, 6.45) is 5.99. The Bertz CT molecular complexity index is 1940. The minimum absolute atomic E-state index is 0.0682. The summed E-state index contributed by atoms with van der Waals surface area (Å²) in [4.78, 5) is 26.5. The molecule has 0 fully saturated rings. The molecule has 1 aliphatic carbocycles. The third-order valence-corrected chi connectivity index (χ3v) is 10.2. The lowest BCUT2D eigenvalue weighted by Crippen LogP contribution is -2.28. The molecule has 262 valence electrons. The van der Waals surface area contributed by atoms with Crippen LogP contribution in [0.4, 0.5) is 5.69 Å². The van der Waals surface area contributed by atoms with Gasteiger partial charge in [-0.05, 0) is 99.7 Å². The molecule has 0 aliphatic heterocycles. The average molecular weight is 693 g/mol. The quantitative estimate of drug-likeness (QED) is 0.136. The normalized spacial score (nSPS) is 15.1. The van der Waals surface area contributed by atoms with Gasteiger partial charge in [0.2, 0.25) is 5.91 Å². The maximum Gasteiger partial charge on any atom is 0.266 e. The monoisotopic (exact) mass is 692 g/mol. The topological polar surface area (TPSA) is 113 Å². The molecule has 1 aliphatic rings. The van der Waals surface area contributed by atoms with Crippen molar-refractivity contribution in [3.63, 3.8) is 0 Å². The molecule has 8 heteroatoms. The number of carbonyl (C=O) groups excluding carboxylic acids is 2. The first-order chi connectivity index (χ1) is 23.6. The Labute approximate surface area is 297 Å². The summed E-state index contributed by atoms with van der Waals surface area (Å²) in [5.41, 5.74) is 9.19. The summed E-state index contributed by atoms with van der Waals surface area (Å²) in [5, 5.41) is 5.64. The van der Waals surface area contributed by atoms with E-state index < -0.39 is 27.7 Å². The van der Waals surface area contributed by atoms with Gasteiger partial charge in [-0.3, -0.25) is 14.1 Å². The van der Waals surface area contributed by atoms with Crippen molar-refractivity contribution in [1.29, 1.82) is 0 Å². The Kier molecular flexibility index (Phi) is 11.1. The fourth-order valence-electron chi connectivity index (χ4n) is 6.19. The van der Waals surface area contributed by atoms with Gasteiger partial charge in [-0.1, -0.05) is 113 Å². The standard InChI is InChI=1S/C42H48N2O5S/c1-41(2,3)36-18-14-31(15-19-36)30-10-12-34(13-11-30)38(28-29-6-8-35(9-7-29)39(45)43-26-27-50(47,48)49)40(46)44-37-20-16-32(17-21-37)33-22-24-42(4,5)25-23-33/h6-22,38H,23-28H2,1-5H3,(H,43,45)(H,44,46)(H,47,48,49)/t38-/m1/s1. The molecular weight excluding hydrogens is 645 g/mol. The summed E-state index contributed by atoms with van der Waals surface area (Å²) in [6.45, 7) is 11.0. The van der Waals surface area contributed by atoms with Crippen molar-refractivity contribution >= 4 is 33.2 Å². The van der Waals surface area contributed by atoms with Crippen molar-refractivity contribution in [2.75, 3.05) is 17.6 Å². The summed E-state index contributed by atoms with van der Waals surface area (Å²) >= 11 is 0. The van der Waals surface area contributed by atoms with Crippen LogP contribution in [-0.2, 0) is 26.7 Å². The number of hydrogen-bond donors (Lipinski definition) is 3. The number of carbonyl (C=O) groups is 2. The fraction of sp³-hybridized carbons (Fsp3) is 0.333. The van der Waals surface area contributed by atoms with Crippen molar-refractivity contribution < 1.29 is 22.6 Å². The molecule has 0 radical (unpaired) electrons. The molecule has 4 aromatic carbocycles. The summed E-state index contributed by atoms with van der Waals surface area (Å²) in [5.74, 6) is -1.65. The third kappa shape index (κ3) is 10.0. The summed E-state index contributed by atoms with van der Waals surface area (Å²) in [6, 6.07) is 31.7. The van der Waals surface area contributed by atoms with Gasteiger partial charge in [0.1, 0.15) is 0 Å². The van der Waals surface area contributed by atoms with E-state index in [4.69, 9.17) is 4.55 Å². The zero-order valence-electron chi connectivity index (χ0n) is 29.6. The minimum atomic E-state index is -4.17. The molecule has 0 spiro atoms. The van der Waals surface area contributed by atoms with E-state index in [-0.39, 0.29) is 17.9 Å². The molecule has 0 bridgehead atoms. The van der Waals surface area contributed by atoms with E-state index in [0.29, 0.717) is 17.4 Å². The van der Waals surface area contributed by atoms with Crippen LogP contribution in [0.5, 0.6) is 0 Å². The second kappa shape index (κ2) is 15.2. The Morgan fingerprint density at radius 2 is 1.40 bits per heavy atom. The Morgan fingerprint density at radius 1 is 0.820 bits per heavy atom. The van der Waals surface area contributed by atoms with E-state index in [1.165, 1.54) is 16.7 Å². The largest absolute Gasteiger partial charge is 0.351 e. The molecule has 4 aromatic rings. The highest BCUT2D eigenvalue weighted by atomic mass is 32.2. The molecular formula is C42H48N2O5S. The van der Waals surface area contributed by atoms with Crippen LogP contribution in [-0.4, -0.2) is 37.1 Å². The lowest BCUT2D eigenvalue weighted by atomic mass is 9.77.